The van der Waals surface area contributed by atoms with Gasteiger partial charge in [-0.25, -0.2) is 4.79 Å². The summed E-state index contributed by atoms with van der Waals surface area (Å²) in [4.78, 5) is 66.9. The van der Waals surface area contributed by atoms with Crippen molar-refractivity contribution in [3.05, 3.63) is 0 Å². The molecule has 4 fully saturated rings. The fraction of sp³-hybridized carbons (Fsp3) is 0.833. The first-order valence-corrected chi connectivity index (χ1v) is 15.2. The molecule has 0 aromatic rings. The minimum absolute atomic E-state index is 0.0420. The number of hydrogen-bond donors (Lipinski definition) is 3. The molecule has 1 aliphatic heterocycles. The molecule has 4 rings (SSSR count). The van der Waals surface area contributed by atoms with Gasteiger partial charge in [0.2, 0.25) is 17.6 Å². The number of alkyl carbamates (subject to hydrolysis) is 1. The van der Waals surface area contributed by atoms with E-state index in [1.54, 1.807) is 4.90 Å². The van der Waals surface area contributed by atoms with Gasteiger partial charge >= 0.3 is 6.09 Å². The van der Waals surface area contributed by atoms with Crippen LogP contribution in [0.15, 0.2) is 0 Å². The second-order valence-electron chi connectivity index (χ2n) is 13.6. The lowest BCUT2D eigenvalue weighted by Gasteiger charge is -2.37. The molecule has 40 heavy (non-hydrogen) atoms. The number of amides is 4. The van der Waals surface area contributed by atoms with Crippen molar-refractivity contribution >= 4 is 29.6 Å². The summed E-state index contributed by atoms with van der Waals surface area (Å²) < 4.78 is 5.56. The number of nitrogens with one attached hydrogen (secondary N) is 2. The van der Waals surface area contributed by atoms with Crippen molar-refractivity contribution in [2.45, 2.75) is 117 Å². The molecule has 10 nitrogen and oxygen atoms in total. The van der Waals surface area contributed by atoms with Crippen LogP contribution in [0, 0.1) is 35.0 Å². The number of nitrogens with zero attached hydrogens (tertiary/aromatic N) is 1. The summed E-state index contributed by atoms with van der Waals surface area (Å²) in [5.41, 5.74) is 5.19. The highest BCUT2D eigenvalue weighted by Gasteiger charge is 2.69. The summed E-state index contributed by atoms with van der Waals surface area (Å²) in [6, 6.07) is -2.57. The van der Waals surface area contributed by atoms with Crippen LogP contribution in [0.1, 0.15) is 92.4 Å². The summed E-state index contributed by atoms with van der Waals surface area (Å²) in [6.07, 6.45) is 7.09. The number of ether oxygens (including phenoxy) is 1. The minimum atomic E-state index is -1.07. The van der Waals surface area contributed by atoms with Crippen LogP contribution < -0.4 is 16.4 Å². The predicted octanol–water partition coefficient (Wildman–Crippen LogP) is 2.92. The molecule has 1 unspecified atom stereocenters. The molecule has 0 bridgehead atoms. The fourth-order valence-electron chi connectivity index (χ4n) is 7.03. The molecular weight excluding hydrogens is 512 g/mol. The molecule has 3 saturated carbocycles. The summed E-state index contributed by atoms with van der Waals surface area (Å²) >= 11 is 0. The largest absolute Gasteiger partial charge is 0.446 e. The third-order valence-corrected chi connectivity index (χ3v) is 10.3. The van der Waals surface area contributed by atoms with Crippen molar-refractivity contribution in [1.29, 1.82) is 0 Å². The lowest BCUT2D eigenvalue weighted by atomic mass is 9.80. The molecule has 1 heterocycles. The Balaban J connectivity index is 1.54. The number of ketones is 1. The number of nitrogens with two attached hydrogens (primary N) is 1. The van der Waals surface area contributed by atoms with Gasteiger partial charge in [0.05, 0.1) is 6.04 Å². The van der Waals surface area contributed by atoms with Gasteiger partial charge in [-0.2, -0.15) is 0 Å². The molecule has 0 radical (unpaired) electrons. The van der Waals surface area contributed by atoms with Crippen molar-refractivity contribution in [3.63, 3.8) is 0 Å². The third-order valence-electron chi connectivity index (χ3n) is 10.3. The van der Waals surface area contributed by atoms with Crippen molar-refractivity contribution in [3.8, 4) is 0 Å². The standard InChI is InChI=1S/C30H48N4O6/c1-16(2)17(3)40-29(39)33-23(19-12-7-6-8-13-19)28(38)34-15-20-22(30(20,4)5)24(34)27(37)32-21(25(35)26(31)36)14-18-10-9-11-18/h16-24H,6-15H2,1-5H3,(H2,31,36)(H,32,37)(H,33,39)/t17-,20+,21?,22+,23+,24+/m1/s1. The van der Waals surface area contributed by atoms with Gasteiger partial charge in [0, 0.05) is 6.54 Å². The Hall–Kier alpha value is -2.65. The van der Waals surface area contributed by atoms with Crippen LogP contribution in [0.3, 0.4) is 0 Å². The van der Waals surface area contributed by atoms with Gasteiger partial charge in [-0.05, 0) is 61.2 Å². The van der Waals surface area contributed by atoms with E-state index in [1.165, 1.54) is 0 Å². The maximum atomic E-state index is 14.2. The number of fused-ring (bicyclic) bond motifs is 1. The van der Waals surface area contributed by atoms with E-state index in [0.717, 1.165) is 51.4 Å². The van der Waals surface area contributed by atoms with Crippen molar-refractivity contribution in [1.82, 2.24) is 15.5 Å². The molecule has 1 saturated heterocycles. The average molecular weight is 561 g/mol. The van der Waals surface area contributed by atoms with Crippen molar-refractivity contribution < 1.29 is 28.7 Å². The Kier molecular flexibility index (Phi) is 9.15. The van der Waals surface area contributed by atoms with E-state index in [4.69, 9.17) is 10.5 Å². The van der Waals surface area contributed by atoms with Crippen molar-refractivity contribution in [2.24, 2.45) is 40.7 Å². The molecule has 4 N–H and O–H groups in total. The Bertz CT molecular complexity index is 1000. The van der Waals surface area contributed by atoms with Crippen LogP contribution in [-0.4, -0.2) is 65.3 Å². The van der Waals surface area contributed by atoms with Crippen LogP contribution in [-0.2, 0) is 23.9 Å². The first kappa shape index (κ1) is 30.3. The number of primary amides is 1. The van der Waals surface area contributed by atoms with Crippen LogP contribution in [0.5, 0.6) is 0 Å². The highest BCUT2D eigenvalue weighted by molar-refractivity contribution is 6.37. The number of rotatable bonds is 11. The lowest BCUT2D eigenvalue weighted by molar-refractivity contribution is -0.144. The van der Waals surface area contributed by atoms with Crippen LogP contribution in [0.25, 0.3) is 0 Å². The van der Waals surface area contributed by atoms with E-state index in [1.807, 2.05) is 20.8 Å². The van der Waals surface area contributed by atoms with E-state index >= 15 is 0 Å². The average Bonchev–Trinajstić information content (AvgIpc) is 3.21. The van der Waals surface area contributed by atoms with Gasteiger partial charge in [0.1, 0.15) is 18.2 Å². The maximum Gasteiger partial charge on any atom is 0.408 e. The van der Waals surface area contributed by atoms with Gasteiger partial charge < -0.3 is 26.0 Å². The first-order valence-electron chi connectivity index (χ1n) is 15.2. The number of carbonyl (C=O) groups excluding carboxylic acids is 5. The quantitative estimate of drug-likeness (QED) is 0.331. The molecule has 0 spiro atoms. The molecule has 6 atom stereocenters. The van der Waals surface area contributed by atoms with Gasteiger partial charge in [-0.1, -0.05) is 66.2 Å². The minimum Gasteiger partial charge on any atom is -0.446 e. The van der Waals surface area contributed by atoms with E-state index in [9.17, 15) is 24.0 Å². The Morgan fingerprint density at radius 1 is 0.950 bits per heavy atom. The van der Waals surface area contributed by atoms with Crippen molar-refractivity contribution in [2.75, 3.05) is 6.54 Å². The molecule has 4 aliphatic rings. The smallest absolute Gasteiger partial charge is 0.408 e. The van der Waals surface area contributed by atoms with Crippen LogP contribution in [0.4, 0.5) is 4.79 Å². The molecule has 0 aromatic heterocycles. The maximum absolute atomic E-state index is 14.2. The second-order valence-corrected chi connectivity index (χ2v) is 13.6. The zero-order valence-electron chi connectivity index (χ0n) is 24.7. The number of Topliss-reactive ketones (excluding diaryl/α,β-unsaturated/α-hetero) is 1. The molecule has 0 aromatic carbocycles. The van der Waals surface area contributed by atoms with E-state index in [2.05, 4.69) is 24.5 Å². The number of piperidine rings is 1. The number of likely N-dealkylation sites (tertiary alicyclic amines) is 1. The fourth-order valence-corrected chi connectivity index (χ4v) is 7.03. The van der Waals surface area contributed by atoms with Gasteiger partial charge in [-0.3, -0.25) is 19.2 Å². The van der Waals surface area contributed by atoms with E-state index < -0.39 is 41.8 Å². The SMILES string of the molecule is CC(C)[C@@H](C)OC(=O)N[C@H](C(=O)N1C[C@H]2[C@@H]([C@H]1C(=O)NC(CC1CCC1)C(=O)C(N)=O)C2(C)C)C1CCCCC1. The van der Waals surface area contributed by atoms with E-state index in [-0.39, 0.29) is 47.0 Å². The Morgan fingerprint density at radius 3 is 2.15 bits per heavy atom. The number of hydrogen-bond acceptors (Lipinski definition) is 6. The molecule has 4 amide bonds. The van der Waals surface area contributed by atoms with Crippen LogP contribution in [0.2, 0.25) is 0 Å². The Morgan fingerprint density at radius 2 is 1.60 bits per heavy atom. The zero-order chi connectivity index (χ0) is 29.4. The first-order chi connectivity index (χ1) is 18.8. The normalized spacial score (nSPS) is 28.1. The predicted molar refractivity (Wildman–Crippen MR) is 149 cm³/mol. The lowest BCUT2D eigenvalue weighted by Crippen LogP contribution is -2.59. The molecule has 3 aliphatic carbocycles. The highest BCUT2D eigenvalue weighted by Crippen LogP contribution is 2.65. The molecular formula is C30H48N4O6. The summed E-state index contributed by atoms with van der Waals surface area (Å²) in [6.45, 7) is 10.3. The molecule has 10 heteroatoms. The summed E-state index contributed by atoms with van der Waals surface area (Å²) in [5.74, 6) is -2.14. The summed E-state index contributed by atoms with van der Waals surface area (Å²) in [7, 11) is 0. The molecule has 224 valence electrons. The van der Waals surface area contributed by atoms with Crippen LogP contribution >= 0.6 is 0 Å². The van der Waals surface area contributed by atoms with Gasteiger partial charge in [0.25, 0.3) is 5.91 Å². The summed E-state index contributed by atoms with van der Waals surface area (Å²) in [5, 5.41) is 5.70. The topological polar surface area (TPSA) is 148 Å². The third kappa shape index (κ3) is 6.30. The number of carbonyl (C=O) groups is 5. The van der Waals surface area contributed by atoms with E-state index in [0.29, 0.717) is 13.0 Å². The second kappa shape index (κ2) is 12.1. The zero-order valence-corrected chi connectivity index (χ0v) is 24.7. The van der Waals surface area contributed by atoms with Gasteiger partial charge in [0.15, 0.2) is 0 Å². The van der Waals surface area contributed by atoms with Gasteiger partial charge in [-0.15, -0.1) is 0 Å². The Labute approximate surface area is 237 Å². The highest BCUT2D eigenvalue weighted by atomic mass is 16.6. The monoisotopic (exact) mass is 560 g/mol.